The molecule has 0 bridgehead atoms. The minimum Gasteiger partial charge on any atom is -0.315 e. The largest absolute Gasteiger partial charge is 0.331 e. The number of rotatable bonds is 2. The number of carbonyl (C=O) groups is 2. The van der Waals surface area contributed by atoms with Gasteiger partial charge in [-0.2, -0.15) is 0 Å². The van der Waals surface area contributed by atoms with Crippen molar-refractivity contribution in [2.45, 2.75) is 6.92 Å². The molecule has 1 aliphatic heterocycles. The van der Waals surface area contributed by atoms with Crippen molar-refractivity contribution in [3.63, 3.8) is 0 Å². The first-order valence-electron chi connectivity index (χ1n) is 5.11. The Morgan fingerprint density at radius 3 is 2.53 bits per heavy atom. The zero-order valence-corrected chi connectivity index (χ0v) is 9.11. The molecular formula is C11H10F2N2O2. The zero-order chi connectivity index (χ0) is 12.6. The Balaban J connectivity index is 2.40. The normalized spacial score (nSPS) is 15.9. The third kappa shape index (κ3) is 1.86. The summed E-state index contributed by atoms with van der Waals surface area (Å²) >= 11 is 0. The molecule has 17 heavy (non-hydrogen) atoms. The van der Waals surface area contributed by atoms with Crippen LogP contribution in [0.2, 0.25) is 0 Å². The molecule has 1 fully saturated rings. The van der Waals surface area contributed by atoms with Crippen LogP contribution in [0.25, 0.3) is 0 Å². The smallest absolute Gasteiger partial charge is 0.315 e. The van der Waals surface area contributed by atoms with E-state index < -0.39 is 23.6 Å². The fraction of sp³-hybridized carbons (Fsp3) is 0.273. The molecule has 1 heterocycles. The van der Waals surface area contributed by atoms with E-state index in [1.165, 1.54) is 4.90 Å². The van der Waals surface area contributed by atoms with Crippen molar-refractivity contribution in [3.05, 3.63) is 29.8 Å². The van der Waals surface area contributed by atoms with Gasteiger partial charge in [0.15, 0.2) is 0 Å². The van der Waals surface area contributed by atoms with Gasteiger partial charge in [-0.25, -0.2) is 18.5 Å². The van der Waals surface area contributed by atoms with Gasteiger partial charge in [0, 0.05) is 12.6 Å². The van der Waals surface area contributed by atoms with E-state index in [9.17, 15) is 18.4 Å². The number of amides is 3. The van der Waals surface area contributed by atoms with E-state index in [1.54, 1.807) is 6.92 Å². The molecule has 0 aliphatic carbocycles. The molecule has 0 aromatic heterocycles. The molecule has 1 aromatic rings. The third-order valence-electron chi connectivity index (χ3n) is 2.57. The van der Waals surface area contributed by atoms with E-state index in [2.05, 4.69) is 0 Å². The maximum atomic E-state index is 13.5. The number of imide groups is 1. The average molecular weight is 240 g/mol. The van der Waals surface area contributed by atoms with Crippen LogP contribution in [-0.4, -0.2) is 29.9 Å². The highest BCUT2D eigenvalue weighted by atomic mass is 19.1. The first kappa shape index (κ1) is 11.5. The molecule has 4 nitrogen and oxygen atoms in total. The summed E-state index contributed by atoms with van der Waals surface area (Å²) in [6.45, 7) is 2.01. The summed E-state index contributed by atoms with van der Waals surface area (Å²) in [5.74, 6) is -2.19. The number of likely N-dealkylation sites (N-methyl/N-ethyl adjacent to an activating group) is 1. The van der Waals surface area contributed by atoms with E-state index in [-0.39, 0.29) is 12.2 Å². The van der Waals surface area contributed by atoms with E-state index in [4.69, 9.17) is 0 Å². The standard InChI is InChI=1S/C11H10F2N2O2/c1-2-14-6-10(16)15(11(14)17)9-4-3-7(12)5-8(9)13/h3-5H,2,6H2,1H3. The number of anilines is 1. The second-order valence-electron chi connectivity index (χ2n) is 3.62. The van der Waals surface area contributed by atoms with Gasteiger partial charge in [-0.1, -0.05) is 0 Å². The van der Waals surface area contributed by atoms with E-state index in [0.717, 1.165) is 17.0 Å². The second kappa shape index (κ2) is 4.12. The van der Waals surface area contributed by atoms with Gasteiger partial charge < -0.3 is 4.90 Å². The molecule has 6 heteroatoms. The molecule has 0 atom stereocenters. The fourth-order valence-corrected chi connectivity index (χ4v) is 1.70. The average Bonchev–Trinajstić information content (AvgIpc) is 2.55. The Kier molecular flexibility index (Phi) is 2.79. The summed E-state index contributed by atoms with van der Waals surface area (Å²) in [4.78, 5) is 25.4. The summed E-state index contributed by atoms with van der Waals surface area (Å²) in [5, 5.41) is 0. The lowest BCUT2D eigenvalue weighted by Gasteiger charge is -2.16. The van der Waals surface area contributed by atoms with Crippen molar-refractivity contribution in [1.82, 2.24) is 4.90 Å². The Morgan fingerprint density at radius 2 is 2.00 bits per heavy atom. The van der Waals surface area contributed by atoms with E-state index in [0.29, 0.717) is 12.6 Å². The number of nitrogens with zero attached hydrogens (tertiary/aromatic N) is 2. The van der Waals surface area contributed by atoms with Crippen molar-refractivity contribution in [2.75, 3.05) is 18.0 Å². The summed E-state index contributed by atoms with van der Waals surface area (Å²) < 4.78 is 26.2. The van der Waals surface area contributed by atoms with Gasteiger partial charge in [-0.15, -0.1) is 0 Å². The first-order chi connectivity index (χ1) is 8.04. The number of urea groups is 1. The SMILES string of the molecule is CCN1CC(=O)N(c2ccc(F)cc2F)C1=O. The molecule has 90 valence electrons. The lowest BCUT2D eigenvalue weighted by Crippen LogP contribution is -2.33. The minimum atomic E-state index is -0.926. The summed E-state index contributed by atoms with van der Waals surface area (Å²) in [5.41, 5.74) is -0.211. The maximum absolute atomic E-state index is 13.5. The Labute approximate surface area is 96.4 Å². The van der Waals surface area contributed by atoms with Crippen LogP contribution in [0, 0.1) is 11.6 Å². The summed E-state index contributed by atoms with van der Waals surface area (Å²) in [6.07, 6.45) is 0. The van der Waals surface area contributed by atoms with E-state index in [1.807, 2.05) is 0 Å². The first-order valence-corrected chi connectivity index (χ1v) is 5.11. The fourth-order valence-electron chi connectivity index (χ4n) is 1.70. The summed E-state index contributed by atoms with van der Waals surface area (Å²) in [6, 6.07) is 2.15. The van der Waals surface area contributed by atoms with Crippen molar-refractivity contribution < 1.29 is 18.4 Å². The topological polar surface area (TPSA) is 40.6 Å². The molecule has 0 saturated carbocycles. The molecule has 1 aromatic carbocycles. The van der Waals surface area contributed by atoms with Crippen LogP contribution in [-0.2, 0) is 4.79 Å². The van der Waals surface area contributed by atoms with Crippen LogP contribution in [0.5, 0.6) is 0 Å². The van der Waals surface area contributed by atoms with Crippen molar-refractivity contribution in [1.29, 1.82) is 0 Å². The van der Waals surface area contributed by atoms with Gasteiger partial charge in [-0.05, 0) is 19.1 Å². The van der Waals surface area contributed by atoms with Gasteiger partial charge in [0.2, 0.25) is 0 Å². The highest BCUT2D eigenvalue weighted by Gasteiger charge is 2.37. The van der Waals surface area contributed by atoms with E-state index >= 15 is 0 Å². The monoisotopic (exact) mass is 240 g/mol. The lowest BCUT2D eigenvalue weighted by molar-refractivity contribution is -0.116. The minimum absolute atomic E-state index is 0.0772. The zero-order valence-electron chi connectivity index (χ0n) is 9.11. The van der Waals surface area contributed by atoms with Crippen LogP contribution < -0.4 is 4.90 Å². The van der Waals surface area contributed by atoms with Crippen LogP contribution in [0.4, 0.5) is 19.3 Å². The van der Waals surface area contributed by atoms with Gasteiger partial charge in [0.25, 0.3) is 5.91 Å². The van der Waals surface area contributed by atoms with Gasteiger partial charge in [0.05, 0.1) is 5.69 Å². The number of benzene rings is 1. The predicted molar refractivity (Wildman–Crippen MR) is 56.5 cm³/mol. The lowest BCUT2D eigenvalue weighted by atomic mass is 10.2. The number of hydrogen-bond donors (Lipinski definition) is 0. The van der Waals surface area contributed by atoms with Crippen molar-refractivity contribution >= 4 is 17.6 Å². The summed E-state index contributed by atoms with van der Waals surface area (Å²) in [7, 11) is 0. The highest BCUT2D eigenvalue weighted by Crippen LogP contribution is 2.24. The van der Waals surface area contributed by atoms with Crippen LogP contribution >= 0.6 is 0 Å². The molecule has 3 amide bonds. The Hall–Kier alpha value is -1.98. The highest BCUT2D eigenvalue weighted by molar-refractivity contribution is 6.19. The molecule has 2 rings (SSSR count). The predicted octanol–water partition coefficient (Wildman–Crippen LogP) is 1.75. The quantitative estimate of drug-likeness (QED) is 0.739. The van der Waals surface area contributed by atoms with Crippen LogP contribution in [0.1, 0.15) is 6.92 Å². The molecule has 0 radical (unpaired) electrons. The van der Waals surface area contributed by atoms with Gasteiger partial charge in [-0.3, -0.25) is 4.79 Å². The van der Waals surface area contributed by atoms with Crippen LogP contribution in [0.3, 0.4) is 0 Å². The second-order valence-corrected chi connectivity index (χ2v) is 3.62. The Morgan fingerprint density at radius 1 is 1.29 bits per heavy atom. The molecule has 0 spiro atoms. The van der Waals surface area contributed by atoms with Gasteiger partial charge >= 0.3 is 6.03 Å². The molecule has 0 unspecified atom stereocenters. The Bertz CT molecular complexity index is 490. The number of carbonyl (C=O) groups excluding carboxylic acids is 2. The maximum Gasteiger partial charge on any atom is 0.331 e. The number of halogens is 2. The third-order valence-corrected chi connectivity index (χ3v) is 2.57. The van der Waals surface area contributed by atoms with Crippen molar-refractivity contribution in [2.24, 2.45) is 0 Å². The van der Waals surface area contributed by atoms with Crippen LogP contribution in [0.15, 0.2) is 18.2 Å². The molecule has 1 aliphatic rings. The molecule has 0 N–H and O–H groups in total. The molecular weight excluding hydrogens is 230 g/mol. The van der Waals surface area contributed by atoms with Crippen molar-refractivity contribution in [3.8, 4) is 0 Å². The van der Waals surface area contributed by atoms with Gasteiger partial charge in [0.1, 0.15) is 18.2 Å². The number of hydrogen-bond acceptors (Lipinski definition) is 2. The molecule has 1 saturated heterocycles.